The summed E-state index contributed by atoms with van der Waals surface area (Å²) >= 11 is 0. The number of hydrogen-bond donors (Lipinski definition) is 0. The Bertz CT molecular complexity index is 606. The molecule has 2 aromatic heterocycles. The van der Waals surface area contributed by atoms with Gasteiger partial charge in [-0.1, -0.05) is 0 Å². The molecule has 0 N–H and O–H groups in total. The molecule has 0 unspecified atom stereocenters. The summed E-state index contributed by atoms with van der Waals surface area (Å²) in [6.45, 7) is 9.79. The molecular formula is C14H21N5O2. The molecule has 3 rings (SSSR count). The van der Waals surface area contributed by atoms with Gasteiger partial charge in [0.15, 0.2) is 0 Å². The lowest BCUT2D eigenvalue weighted by atomic mass is 10.2. The molecule has 1 atom stereocenters. The van der Waals surface area contributed by atoms with Crippen LogP contribution in [0.2, 0.25) is 0 Å². The molecule has 0 saturated carbocycles. The van der Waals surface area contributed by atoms with Gasteiger partial charge in [-0.15, -0.1) is 10.2 Å². The molecule has 0 spiro atoms. The highest BCUT2D eigenvalue weighted by Gasteiger charge is 2.23. The van der Waals surface area contributed by atoms with Crippen molar-refractivity contribution in [1.82, 2.24) is 24.9 Å². The van der Waals surface area contributed by atoms with Crippen molar-refractivity contribution in [1.29, 1.82) is 0 Å². The minimum atomic E-state index is 0.140. The summed E-state index contributed by atoms with van der Waals surface area (Å²) in [6, 6.07) is 2.09. The number of morpholine rings is 1. The minimum absolute atomic E-state index is 0.140. The molecule has 7 nitrogen and oxygen atoms in total. The van der Waals surface area contributed by atoms with Crippen LogP contribution >= 0.6 is 0 Å². The first kappa shape index (κ1) is 14.2. The predicted molar refractivity (Wildman–Crippen MR) is 75.8 cm³/mol. The van der Waals surface area contributed by atoms with E-state index in [4.69, 9.17) is 9.15 Å². The second-order valence-corrected chi connectivity index (χ2v) is 5.55. The summed E-state index contributed by atoms with van der Waals surface area (Å²) in [5.41, 5.74) is 2.21. The van der Waals surface area contributed by atoms with Crippen LogP contribution in [0.4, 0.5) is 0 Å². The fourth-order valence-corrected chi connectivity index (χ4v) is 2.68. The van der Waals surface area contributed by atoms with Crippen molar-refractivity contribution in [2.75, 3.05) is 19.7 Å². The van der Waals surface area contributed by atoms with Crippen LogP contribution < -0.4 is 0 Å². The molecule has 2 aromatic rings. The van der Waals surface area contributed by atoms with E-state index in [1.807, 2.05) is 11.6 Å². The monoisotopic (exact) mass is 291 g/mol. The Morgan fingerprint density at radius 3 is 2.81 bits per heavy atom. The van der Waals surface area contributed by atoms with Crippen LogP contribution in [0.1, 0.15) is 23.2 Å². The van der Waals surface area contributed by atoms with E-state index in [1.165, 1.54) is 5.69 Å². The van der Waals surface area contributed by atoms with Crippen molar-refractivity contribution >= 4 is 0 Å². The first-order valence-corrected chi connectivity index (χ1v) is 7.24. The number of aryl methyl sites for hydroxylation is 3. The van der Waals surface area contributed by atoms with E-state index in [0.29, 0.717) is 18.3 Å². The second-order valence-electron chi connectivity index (χ2n) is 5.55. The number of rotatable bonds is 4. The topological polar surface area (TPSA) is 69.2 Å². The Balaban J connectivity index is 1.59. The standard InChI is InChI=1S/C14H21N5O2/c1-10-6-11(2)19(17-10)8-13-7-18(4-5-20-13)9-14-16-15-12(3)21-14/h6,13H,4-5,7-9H2,1-3H3/t13-/m0/s1. The zero-order valence-electron chi connectivity index (χ0n) is 12.7. The fourth-order valence-electron chi connectivity index (χ4n) is 2.68. The smallest absolute Gasteiger partial charge is 0.230 e. The van der Waals surface area contributed by atoms with E-state index >= 15 is 0 Å². The third-order valence-electron chi connectivity index (χ3n) is 3.63. The Hall–Kier alpha value is -1.73. The van der Waals surface area contributed by atoms with Gasteiger partial charge < -0.3 is 9.15 Å². The third kappa shape index (κ3) is 3.48. The summed E-state index contributed by atoms with van der Waals surface area (Å²) in [5, 5.41) is 12.4. The summed E-state index contributed by atoms with van der Waals surface area (Å²) in [4.78, 5) is 2.28. The lowest BCUT2D eigenvalue weighted by Gasteiger charge is -2.32. The largest absolute Gasteiger partial charge is 0.424 e. The van der Waals surface area contributed by atoms with Crippen LogP contribution in [-0.4, -0.2) is 50.7 Å². The third-order valence-corrected chi connectivity index (χ3v) is 3.63. The molecule has 7 heteroatoms. The van der Waals surface area contributed by atoms with Gasteiger partial charge >= 0.3 is 0 Å². The maximum Gasteiger partial charge on any atom is 0.230 e. The predicted octanol–water partition coefficient (Wildman–Crippen LogP) is 1.09. The SMILES string of the molecule is Cc1cc(C)n(C[C@@H]2CN(Cc3nnc(C)o3)CCO2)n1. The normalized spacial score (nSPS) is 20.0. The van der Waals surface area contributed by atoms with Crippen LogP contribution in [-0.2, 0) is 17.8 Å². The van der Waals surface area contributed by atoms with Gasteiger partial charge in [0, 0.05) is 25.7 Å². The van der Waals surface area contributed by atoms with Gasteiger partial charge in [0.1, 0.15) is 0 Å². The molecule has 0 bridgehead atoms. The molecular weight excluding hydrogens is 270 g/mol. The molecule has 1 fully saturated rings. The van der Waals surface area contributed by atoms with Crippen LogP contribution in [0.25, 0.3) is 0 Å². The zero-order chi connectivity index (χ0) is 14.8. The highest BCUT2D eigenvalue weighted by molar-refractivity contribution is 5.06. The summed E-state index contributed by atoms with van der Waals surface area (Å²) in [7, 11) is 0. The second kappa shape index (κ2) is 5.95. The van der Waals surface area contributed by atoms with E-state index in [0.717, 1.165) is 31.9 Å². The Morgan fingerprint density at radius 1 is 1.29 bits per heavy atom. The molecule has 1 saturated heterocycles. The maximum atomic E-state index is 5.85. The summed E-state index contributed by atoms with van der Waals surface area (Å²) in [6.07, 6.45) is 0.140. The van der Waals surface area contributed by atoms with E-state index in [9.17, 15) is 0 Å². The van der Waals surface area contributed by atoms with Crippen LogP contribution in [0.5, 0.6) is 0 Å². The minimum Gasteiger partial charge on any atom is -0.424 e. The molecule has 0 aliphatic carbocycles. The van der Waals surface area contributed by atoms with Gasteiger partial charge in [-0.05, 0) is 19.9 Å². The molecule has 0 aromatic carbocycles. The first-order valence-electron chi connectivity index (χ1n) is 7.24. The van der Waals surface area contributed by atoms with Crippen molar-refractivity contribution in [3.8, 4) is 0 Å². The van der Waals surface area contributed by atoms with Crippen LogP contribution in [0, 0.1) is 20.8 Å². The first-order chi connectivity index (χ1) is 10.1. The van der Waals surface area contributed by atoms with Gasteiger partial charge in [0.2, 0.25) is 11.8 Å². The maximum absolute atomic E-state index is 5.85. The Kier molecular flexibility index (Phi) is 4.03. The average Bonchev–Trinajstić information content (AvgIpc) is 2.96. The molecule has 0 amide bonds. The molecule has 0 radical (unpaired) electrons. The van der Waals surface area contributed by atoms with E-state index in [2.05, 4.69) is 33.2 Å². The summed E-state index contributed by atoms with van der Waals surface area (Å²) < 4.78 is 13.3. The van der Waals surface area contributed by atoms with Crippen molar-refractivity contribution in [2.24, 2.45) is 0 Å². The van der Waals surface area contributed by atoms with Crippen molar-refractivity contribution in [3.63, 3.8) is 0 Å². The molecule has 1 aliphatic heterocycles. The Morgan fingerprint density at radius 2 is 2.14 bits per heavy atom. The van der Waals surface area contributed by atoms with Gasteiger partial charge in [0.25, 0.3) is 0 Å². The number of ether oxygens (including phenoxy) is 1. The van der Waals surface area contributed by atoms with Crippen molar-refractivity contribution in [3.05, 3.63) is 29.2 Å². The summed E-state index contributed by atoms with van der Waals surface area (Å²) in [5.74, 6) is 1.27. The van der Waals surface area contributed by atoms with Crippen LogP contribution in [0.3, 0.4) is 0 Å². The molecule has 1 aliphatic rings. The fraction of sp³-hybridized carbons (Fsp3) is 0.643. The lowest BCUT2D eigenvalue weighted by Crippen LogP contribution is -2.44. The van der Waals surface area contributed by atoms with Gasteiger partial charge in [0.05, 0.1) is 31.5 Å². The zero-order valence-corrected chi connectivity index (χ0v) is 12.7. The van der Waals surface area contributed by atoms with E-state index in [-0.39, 0.29) is 6.10 Å². The van der Waals surface area contributed by atoms with Gasteiger partial charge in [-0.2, -0.15) is 5.10 Å². The quantitative estimate of drug-likeness (QED) is 0.840. The molecule has 114 valence electrons. The van der Waals surface area contributed by atoms with Crippen LogP contribution in [0.15, 0.2) is 10.5 Å². The highest BCUT2D eigenvalue weighted by atomic mass is 16.5. The molecule has 21 heavy (non-hydrogen) atoms. The van der Waals surface area contributed by atoms with E-state index < -0.39 is 0 Å². The van der Waals surface area contributed by atoms with E-state index in [1.54, 1.807) is 6.92 Å². The number of hydrogen-bond acceptors (Lipinski definition) is 6. The van der Waals surface area contributed by atoms with Crippen molar-refractivity contribution in [2.45, 2.75) is 40.0 Å². The van der Waals surface area contributed by atoms with Gasteiger partial charge in [-0.25, -0.2) is 0 Å². The Labute approximate surface area is 123 Å². The van der Waals surface area contributed by atoms with Crippen molar-refractivity contribution < 1.29 is 9.15 Å². The average molecular weight is 291 g/mol. The lowest BCUT2D eigenvalue weighted by molar-refractivity contribution is -0.0425. The number of aromatic nitrogens is 4. The van der Waals surface area contributed by atoms with Gasteiger partial charge in [-0.3, -0.25) is 9.58 Å². The highest BCUT2D eigenvalue weighted by Crippen LogP contribution is 2.12. The molecule has 3 heterocycles. The number of nitrogens with zero attached hydrogens (tertiary/aromatic N) is 5.